The average molecular weight is 788 g/mol. The summed E-state index contributed by atoms with van der Waals surface area (Å²) in [7, 11) is -1.84. The second-order valence-electron chi connectivity index (χ2n) is 18.8. The van der Waals surface area contributed by atoms with Gasteiger partial charge in [-0.2, -0.15) is 0 Å². The van der Waals surface area contributed by atoms with Crippen molar-refractivity contribution in [2.24, 2.45) is 5.92 Å². The van der Waals surface area contributed by atoms with Crippen molar-refractivity contribution in [3.05, 3.63) is 177 Å². The first-order valence-electron chi connectivity index (χ1n) is 22.9. The average Bonchev–Trinajstić information content (AvgIpc) is 3.71. The van der Waals surface area contributed by atoms with E-state index < -0.39 is 8.07 Å². The molecule has 0 bridgehead atoms. The van der Waals surface area contributed by atoms with Crippen molar-refractivity contribution in [1.82, 2.24) is 0 Å². The molecule has 298 valence electrons. The van der Waals surface area contributed by atoms with Crippen LogP contribution in [0.4, 0.5) is 17.1 Å². The molecule has 6 aliphatic rings. The summed E-state index contributed by atoms with van der Waals surface area (Å²) in [5.74, 6) is 0.549. The summed E-state index contributed by atoms with van der Waals surface area (Å²) in [6, 6.07) is 33.2. The smallest absolute Gasteiger partial charge is 0.117 e. The highest BCUT2D eigenvalue weighted by Crippen LogP contribution is 2.57. The van der Waals surface area contributed by atoms with Crippen molar-refractivity contribution in [3.8, 4) is 0 Å². The molecule has 1 unspecified atom stereocenters. The minimum atomic E-state index is -1.84. The molecule has 0 N–H and O–H groups in total. The van der Waals surface area contributed by atoms with Gasteiger partial charge >= 0.3 is 0 Å². The maximum atomic E-state index is 2.64. The van der Waals surface area contributed by atoms with Gasteiger partial charge in [0.15, 0.2) is 0 Å². The lowest BCUT2D eigenvalue weighted by atomic mass is 9.70. The zero-order valence-electron chi connectivity index (χ0n) is 36.5. The first-order valence-corrected chi connectivity index (χ1v) is 25.9. The number of hydrogen-bond donors (Lipinski definition) is 0. The predicted molar refractivity (Wildman–Crippen MR) is 257 cm³/mol. The lowest BCUT2D eigenvalue weighted by molar-refractivity contribution is 0.483. The Morgan fingerprint density at radius 3 is 1.88 bits per heavy atom. The molecule has 1 nitrogen and oxygen atoms in total. The van der Waals surface area contributed by atoms with Gasteiger partial charge in [0.05, 0.1) is 0 Å². The second-order valence-corrected chi connectivity index (χ2v) is 23.1. The van der Waals surface area contributed by atoms with Crippen LogP contribution in [-0.2, 0) is 10.8 Å². The number of para-hydroxylation sites is 2. The van der Waals surface area contributed by atoms with Crippen molar-refractivity contribution in [2.75, 3.05) is 4.90 Å². The Morgan fingerprint density at radius 2 is 1.25 bits per heavy atom. The van der Waals surface area contributed by atoms with Gasteiger partial charge < -0.3 is 4.90 Å². The third kappa shape index (κ3) is 5.68. The van der Waals surface area contributed by atoms with Crippen LogP contribution in [0.3, 0.4) is 0 Å². The van der Waals surface area contributed by atoms with Gasteiger partial charge in [0, 0.05) is 33.8 Å². The summed E-state index contributed by atoms with van der Waals surface area (Å²) < 4.78 is 0. The van der Waals surface area contributed by atoms with Gasteiger partial charge in [0.25, 0.3) is 0 Å². The molecule has 1 heterocycles. The van der Waals surface area contributed by atoms with E-state index in [1.807, 2.05) is 0 Å². The summed E-state index contributed by atoms with van der Waals surface area (Å²) in [4.78, 5) is 2.57. The normalized spacial score (nSPS) is 21.6. The number of nitrogens with zero attached hydrogens (tertiary/aromatic N) is 1. The molecule has 1 atom stereocenters. The molecule has 4 aromatic rings. The monoisotopic (exact) mass is 787 g/mol. The number of allylic oxidation sites excluding steroid dienone is 13. The highest BCUT2D eigenvalue weighted by Gasteiger charge is 2.45. The minimum absolute atomic E-state index is 0.0120. The molecule has 0 radical (unpaired) electrons. The zero-order valence-corrected chi connectivity index (χ0v) is 37.5. The topological polar surface area (TPSA) is 3.24 Å². The summed E-state index contributed by atoms with van der Waals surface area (Å²) in [5, 5.41) is 3.04. The van der Waals surface area contributed by atoms with E-state index in [1.54, 1.807) is 33.4 Å². The molecule has 5 aliphatic carbocycles. The Hall–Kier alpha value is -4.92. The van der Waals surface area contributed by atoms with Gasteiger partial charge in [0.1, 0.15) is 8.07 Å². The SMILES string of the molecule is CCC1(CC)C2=C(CCC(C=Cc3ccc4c(c3)C(CC)(CC)C3=C4CCC(C4C=CC(C)=CC4)=C3)=C2)c2ccc(N3c4ccccc4[Si](C)(C)c4ccccc43)cc21. The molecule has 0 saturated heterocycles. The molecule has 0 spiro atoms. The van der Waals surface area contributed by atoms with Crippen LogP contribution in [0.25, 0.3) is 17.2 Å². The lowest BCUT2D eigenvalue weighted by Crippen LogP contribution is -2.58. The van der Waals surface area contributed by atoms with Crippen LogP contribution in [0.5, 0.6) is 0 Å². The van der Waals surface area contributed by atoms with E-state index in [2.05, 4.69) is 180 Å². The highest BCUT2D eigenvalue weighted by atomic mass is 28.3. The Bertz CT molecular complexity index is 2570. The number of hydrogen-bond acceptors (Lipinski definition) is 1. The van der Waals surface area contributed by atoms with E-state index in [1.165, 1.54) is 73.7 Å². The van der Waals surface area contributed by atoms with Crippen molar-refractivity contribution in [2.45, 2.75) is 116 Å². The van der Waals surface area contributed by atoms with Gasteiger partial charge in [-0.3, -0.25) is 0 Å². The summed E-state index contributed by atoms with van der Waals surface area (Å²) >= 11 is 0. The van der Waals surface area contributed by atoms with Gasteiger partial charge in [-0.1, -0.05) is 155 Å². The van der Waals surface area contributed by atoms with E-state index in [0.717, 1.165) is 44.9 Å². The van der Waals surface area contributed by atoms with Crippen molar-refractivity contribution in [3.63, 3.8) is 0 Å². The fourth-order valence-corrected chi connectivity index (χ4v) is 15.4. The van der Waals surface area contributed by atoms with Crippen LogP contribution in [0.1, 0.15) is 120 Å². The highest BCUT2D eigenvalue weighted by molar-refractivity contribution is 7.02. The molecule has 0 amide bonds. The predicted octanol–water partition coefficient (Wildman–Crippen LogP) is 14.6. The third-order valence-corrected chi connectivity index (χ3v) is 19.5. The number of anilines is 3. The van der Waals surface area contributed by atoms with Gasteiger partial charge in [0.2, 0.25) is 0 Å². The number of rotatable bonds is 8. The summed E-state index contributed by atoms with van der Waals surface area (Å²) in [6.45, 7) is 16.9. The minimum Gasteiger partial charge on any atom is -0.311 e. The molecular formula is C57H61NSi. The number of fused-ring (bicyclic) bond motifs is 6. The molecule has 2 heteroatoms. The Balaban J connectivity index is 0.968. The molecule has 59 heavy (non-hydrogen) atoms. The summed E-state index contributed by atoms with van der Waals surface area (Å²) in [5.41, 5.74) is 22.4. The van der Waals surface area contributed by atoms with E-state index >= 15 is 0 Å². The largest absolute Gasteiger partial charge is 0.311 e. The molecule has 0 aromatic heterocycles. The van der Waals surface area contributed by atoms with Crippen LogP contribution < -0.4 is 15.3 Å². The van der Waals surface area contributed by atoms with Gasteiger partial charge in [-0.15, -0.1) is 0 Å². The van der Waals surface area contributed by atoms with E-state index in [-0.39, 0.29) is 10.8 Å². The van der Waals surface area contributed by atoms with Gasteiger partial charge in [-0.25, -0.2) is 0 Å². The maximum Gasteiger partial charge on any atom is 0.117 e. The van der Waals surface area contributed by atoms with Crippen LogP contribution in [0.15, 0.2) is 149 Å². The van der Waals surface area contributed by atoms with Crippen LogP contribution in [0.2, 0.25) is 13.1 Å². The van der Waals surface area contributed by atoms with Crippen LogP contribution in [0, 0.1) is 5.92 Å². The second kappa shape index (κ2) is 14.4. The van der Waals surface area contributed by atoms with Crippen LogP contribution in [-0.4, -0.2) is 8.07 Å². The maximum absolute atomic E-state index is 2.64. The van der Waals surface area contributed by atoms with Crippen molar-refractivity contribution < 1.29 is 0 Å². The van der Waals surface area contributed by atoms with Gasteiger partial charge in [-0.05, 0) is 155 Å². The van der Waals surface area contributed by atoms with E-state index in [4.69, 9.17) is 0 Å². The fourth-order valence-electron chi connectivity index (χ4n) is 12.5. The molecule has 4 aromatic carbocycles. The quantitative estimate of drug-likeness (QED) is 0.161. The molecule has 1 aliphatic heterocycles. The summed E-state index contributed by atoms with van der Waals surface area (Å²) in [6.07, 6.45) is 27.5. The standard InChI is InChI=1S/C57H61NSi/c1-8-56(9-2)48-34-39(24-30-44(48)46-32-28-42(36-50(46)56)41-26-20-38(5)21-27-41)22-23-40-25-31-45-47-33-29-43(37-51(47)57(10-3,11-4)49(45)35-40)58-52-16-12-14-18-54(52)59(6,7)55-19-15-13-17-53(55)58/h12-24,26,29-30,33-37,41H,8-11,25,27-28,31-32H2,1-7H3. The Labute approximate surface area is 355 Å². The number of benzene rings is 4. The van der Waals surface area contributed by atoms with Crippen LogP contribution >= 0.6 is 0 Å². The lowest BCUT2D eigenvalue weighted by Gasteiger charge is -2.41. The zero-order chi connectivity index (χ0) is 40.7. The molecular weight excluding hydrogens is 727 g/mol. The van der Waals surface area contributed by atoms with Crippen molar-refractivity contribution in [1.29, 1.82) is 0 Å². The fraction of sp³-hybridized carbons (Fsp3) is 0.333. The Kier molecular flexibility index (Phi) is 9.33. The Morgan fingerprint density at radius 1 is 0.661 bits per heavy atom. The van der Waals surface area contributed by atoms with E-state index in [9.17, 15) is 0 Å². The van der Waals surface area contributed by atoms with Crippen molar-refractivity contribution >= 4 is 52.7 Å². The molecule has 0 fully saturated rings. The first kappa shape index (κ1) is 38.3. The molecule has 10 rings (SSSR count). The molecule has 0 saturated carbocycles. The van der Waals surface area contributed by atoms with E-state index in [0.29, 0.717) is 5.92 Å². The third-order valence-electron chi connectivity index (χ3n) is 16.0. The first-order chi connectivity index (χ1) is 28.7.